The van der Waals surface area contributed by atoms with E-state index in [-0.39, 0.29) is 11.9 Å². The van der Waals surface area contributed by atoms with Gasteiger partial charge in [0, 0.05) is 13.1 Å². The maximum atomic E-state index is 12.2. The first-order valence-corrected chi connectivity index (χ1v) is 6.76. The molecule has 0 spiro atoms. The van der Waals surface area contributed by atoms with Crippen molar-refractivity contribution < 1.29 is 14.7 Å². The first-order valence-electron chi connectivity index (χ1n) is 6.76. The lowest BCUT2D eigenvalue weighted by atomic mass is 9.85. The third-order valence-electron chi connectivity index (χ3n) is 4.45. The van der Waals surface area contributed by atoms with Gasteiger partial charge in [0.1, 0.15) is 6.04 Å². The van der Waals surface area contributed by atoms with E-state index >= 15 is 0 Å². The summed E-state index contributed by atoms with van der Waals surface area (Å²) in [6.45, 7) is 1.54. The summed E-state index contributed by atoms with van der Waals surface area (Å²) >= 11 is 0. The summed E-state index contributed by atoms with van der Waals surface area (Å²) in [6.07, 6.45) is 5.69. The summed E-state index contributed by atoms with van der Waals surface area (Å²) in [5, 5.41) is 12.3. The SMILES string of the molecule is CC(C(=O)O)N(C)C(=O)C1CC2CCCCC2N1. The largest absolute Gasteiger partial charge is 0.480 e. The molecule has 2 fully saturated rings. The summed E-state index contributed by atoms with van der Waals surface area (Å²) in [7, 11) is 1.57. The minimum absolute atomic E-state index is 0.0840. The Morgan fingerprint density at radius 1 is 1.33 bits per heavy atom. The number of hydrogen-bond acceptors (Lipinski definition) is 3. The van der Waals surface area contributed by atoms with Crippen molar-refractivity contribution >= 4 is 11.9 Å². The van der Waals surface area contributed by atoms with E-state index in [4.69, 9.17) is 5.11 Å². The number of nitrogens with one attached hydrogen (secondary N) is 1. The van der Waals surface area contributed by atoms with Crippen LogP contribution in [0.15, 0.2) is 0 Å². The van der Waals surface area contributed by atoms with Crippen LogP contribution in [0.3, 0.4) is 0 Å². The normalized spacial score (nSPS) is 32.7. The van der Waals surface area contributed by atoms with Crippen LogP contribution in [0.5, 0.6) is 0 Å². The Kier molecular flexibility index (Phi) is 3.90. The molecule has 5 heteroatoms. The Labute approximate surface area is 108 Å². The molecule has 2 aliphatic rings. The molecule has 4 atom stereocenters. The number of rotatable bonds is 3. The Morgan fingerprint density at radius 2 is 2.00 bits per heavy atom. The van der Waals surface area contributed by atoms with E-state index in [1.807, 2.05) is 0 Å². The van der Waals surface area contributed by atoms with Crippen molar-refractivity contribution in [3.05, 3.63) is 0 Å². The maximum Gasteiger partial charge on any atom is 0.326 e. The topological polar surface area (TPSA) is 69.6 Å². The lowest BCUT2D eigenvalue weighted by molar-refractivity contribution is -0.148. The molecule has 5 nitrogen and oxygen atoms in total. The van der Waals surface area contributed by atoms with Crippen LogP contribution >= 0.6 is 0 Å². The number of carbonyl (C=O) groups excluding carboxylic acids is 1. The fourth-order valence-electron chi connectivity index (χ4n) is 3.11. The Balaban J connectivity index is 1.96. The molecule has 18 heavy (non-hydrogen) atoms. The van der Waals surface area contributed by atoms with Crippen LogP contribution in [-0.4, -0.2) is 47.1 Å². The third kappa shape index (κ3) is 2.51. The second-order valence-electron chi connectivity index (χ2n) is 5.57. The second-order valence-corrected chi connectivity index (χ2v) is 5.57. The molecule has 0 aromatic carbocycles. The number of carbonyl (C=O) groups is 2. The van der Waals surface area contributed by atoms with E-state index in [1.165, 1.54) is 24.2 Å². The Hall–Kier alpha value is -1.10. The van der Waals surface area contributed by atoms with Gasteiger partial charge < -0.3 is 15.3 Å². The number of hydrogen-bond donors (Lipinski definition) is 2. The zero-order valence-electron chi connectivity index (χ0n) is 11.1. The molecule has 4 unspecified atom stereocenters. The van der Waals surface area contributed by atoms with E-state index in [2.05, 4.69) is 5.32 Å². The minimum atomic E-state index is -0.957. The molecular formula is C13H22N2O3. The van der Waals surface area contributed by atoms with Gasteiger partial charge in [0.2, 0.25) is 5.91 Å². The van der Waals surface area contributed by atoms with Gasteiger partial charge in [-0.3, -0.25) is 4.79 Å². The summed E-state index contributed by atoms with van der Waals surface area (Å²) < 4.78 is 0. The number of likely N-dealkylation sites (N-methyl/N-ethyl adjacent to an activating group) is 1. The third-order valence-corrected chi connectivity index (χ3v) is 4.45. The fourth-order valence-corrected chi connectivity index (χ4v) is 3.11. The number of fused-ring (bicyclic) bond motifs is 1. The van der Waals surface area contributed by atoms with Crippen LogP contribution in [0.25, 0.3) is 0 Å². The average Bonchev–Trinajstić information content (AvgIpc) is 2.79. The number of amides is 1. The summed E-state index contributed by atoms with van der Waals surface area (Å²) in [6, 6.07) is -0.493. The molecule has 1 aliphatic carbocycles. The zero-order chi connectivity index (χ0) is 13.3. The first-order chi connectivity index (χ1) is 8.50. The molecular weight excluding hydrogens is 232 g/mol. The molecule has 2 rings (SSSR count). The van der Waals surface area contributed by atoms with Crippen LogP contribution in [0, 0.1) is 5.92 Å². The Bertz CT molecular complexity index is 331. The smallest absolute Gasteiger partial charge is 0.326 e. The molecule has 0 bridgehead atoms. The van der Waals surface area contributed by atoms with Gasteiger partial charge in [0.05, 0.1) is 6.04 Å². The molecule has 1 saturated heterocycles. The van der Waals surface area contributed by atoms with Crippen molar-refractivity contribution in [2.24, 2.45) is 5.92 Å². The van der Waals surface area contributed by atoms with E-state index in [1.54, 1.807) is 14.0 Å². The van der Waals surface area contributed by atoms with Gasteiger partial charge in [-0.1, -0.05) is 12.8 Å². The van der Waals surface area contributed by atoms with Crippen molar-refractivity contribution in [2.75, 3.05) is 7.05 Å². The number of carboxylic acids is 1. The van der Waals surface area contributed by atoms with Gasteiger partial charge in [0.25, 0.3) is 0 Å². The van der Waals surface area contributed by atoms with Gasteiger partial charge in [-0.2, -0.15) is 0 Å². The van der Waals surface area contributed by atoms with Gasteiger partial charge in [-0.05, 0) is 32.1 Å². The van der Waals surface area contributed by atoms with Crippen LogP contribution in [0.2, 0.25) is 0 Å². The monoisotopic (exact) mass is 254 g/mol. The maximum absolute atomic E-state index is 12.2. The molecule has 0 radical (unpaired) electrons. The fraction of sp³-hybridized carbons (Fsp3) is 0.846. The zero-order valence-corrected chi connectivity index (χ0v) is 11.1. The van der Waals surface area contributed by atoms with Crippen LogP contribution in [-0.2, 0) is 9.59 Å². The van der Waals surface area contributed by atoms with Gasteiger partial charge in [-0.15, -0.1) is 0 Å². The highest BCUT2D eigenvalue weighted by Crippen LogP contribution is 2.33. The van der Waals surface area contributed by atoms with Gasteiger partial charge >= 0.3 is 5.97 Å². The number of aliphatic carboxylic acids is 1. The molecule has 1 saturated carbocycles. The van der Waals surface area contributed by atoms with Crippen molar-refractivity contribution in [3.63, 3.8) is 0 Å². The van der Waals surface area contributed by atoms with E-state index < -0.39 is 12.0 Å². The number of carboxylic acid groups (broad SMARTS) is 1. The molecule has 1 amide bonds. The summed E-state index contributed by atoms with van der Waals surface area (Å²) in [4.78, 5) is 24.5. The molecule has 1 aliphatic heterocycles. The lowest BCUT2D eigenvalue weighted by Crippen LogP contribution is -2.49. The predicted molar refractivity (Wildman–Crippen MR) is 67.2 cm³/mol. The molecule has 1 heterocycles. The van der Waals surface area contributed by atoms with Crippen molar-refractivity contribution in [1.29, 1.82) is 0 Å². The standard InChI is InChI=1S/C13H22N2O3/c1-8(13(17)18)15(2)12(16)11-7-9-5-3-4-6-10(9)14-11/h8-11,14H,3-7H2,1-2H3,(H,17,18). The van der Waals surface area contributed by atoms with Crippen molar-refractivity contribution in [2.45, 2.75) is 57.2 Å². The van der Waals surface area contributed by atoms with E-state index in [9.17, 15) is 9.59 Å². The lowest BCUT2D eigenvalue weighted by Gasteiger charge is -2.25. The molecule has 0 aromatic heterocycles. The predicted octanol–water partition coefficient (Wildman–Crippen LogP) is 0.839. The molecule has 0 aromatic rings. The highest BCUT2D eigenvalue weighted by Gasteiger charge is 2.40. The van der Waals surface area contributed by atoms with Gasteiger partial charge in [0.15, 0.2) is 0 Å². The van der Waals surface area contributed by atoms with Crippen LogP contribution in [0.1, 0.15) is 39.0 Å². The van der Waals surface area contributed by atoms with Gasteiger partial charge in [-0.25, -0.2) is 4.79 Å². The highest BCUT2D eigenvalue weighted by atomic mass is 16.4. The Morgan fingerprint density at radius 3 is 2.61 bits per heavy atom. The van der Waals surface area contributed by atoms with E-state index in [0.29, 0.717) is 12.0 Å². The highest BCUT2D eigenvalue weighted by molar-refractivity contribution is 5.86. The first kappa shape index (κ1) is 13.3. The second kappa shape index (κ2) is 5.26. The van der Waals surface area contributed by atoms with E-state index in [0.717, 1.165) is 12.8 Å². The van der Waals surface area contributed by atoms with Crippen LogP contribution in [0.4, 0.5) is 0 Å². The average molecular weight is 254 g/mol. The molecule has 2 N–H and O–H groups in total. The summed E-state index contributed by atoms with van der Waals surface area (Å²) in [5.74, 6) is -0.443. The summed E-state index contributed by atoms with van der Waals surface area (Å²) in [5.41, 5.74) is 0. The van der Waals surface area contributed by atoms with Crippen molar-refractivity contribution in [3.8, 4) is 0 Å². The quantitative estimate of drug-likeness (QED) is 0.783. The van der Waals surface area contributed by atoms with Crippen molar-refractivity contribution in [1.82, 2.24) is 10.2 Å². The number of nitrogens with zero attached hydrogens (tertiary/aromatic N) is 1. The minimum Gasteiger partial charge on any atom is -0.480 e. The van der Waals surface area contributed by atoms with Crippen LogP contribution < -0.4 is 5.32 Å². The molecule has 102 valence electrons.